The molecule has 2 nitrogen and oxygen atoms in total. The lowest BCUT2D eigenvalue weighted by molar-refractivity contribution is 0.565. The van der Waals surface area contributed by atoms with Gasteiger partial charge in [-0.2, -0.15) is 0 Å². The standard InChI is InChI=1S/C10H22N2/c1-5-6-7-11-10(4)12-8-9(2)3/h9,11-12H,4-8H2,1-3H3. The average molecular weight is 170 g/mol. The fraction of sp³-hybridized carbons (Fsp3) is 0.800. The molecule has 0 spiro atoms. The van der Waals surface area contributed by atoms with Crippen LogP contribution in [0.25, 0.3) is 0 Å². The van der Waals surface area contributed by atoms with Crippen molar-refractivity contribution in [3.8, 4) is 0 Å². The molecule has 0 aliphatic heterocycles. The molecule has 0 aromatic carbocycles. The molecule has 2 N–H and O–H groups in total. The van der Waals surface area contributed by atoms with Gasteiger partial charge in [0, 0.05) is 13.1 Å². The summed E-state index contributed by atoms with van der Waals surface area (Å²) in [6.07, 6.45) is 2.44. The van der Waals surface area contributed by atoms with Crippen LogP contribution in [0.5, 0.6) is 0 Å². The SMILES string of the molecule is C=C(NCCCC)NCC(C)C. The molecule has 12 heavy (non-hydrogen) atoms. The van der Waals surface area contributed by atoms with Gasteiger partial charge in [-0.05, 0) is 12.3 Å². The van der Waals surface area contributed by atoms with Crippen LogP contribution in [-0.2, 0) is 0 Å². The summed E-state index contributed by atoms with van der Waals surface area (Å²) in [6, 6.07) is 0. The van der Waals surface area contributed by atoms with Crippen LogP contribution < -0.4 is 10.6 Å². The highest BCUT2D eigenvalue weighted by Crippen LogP contribution is 1.90. The van der Waals surface area contributed by atoms with E-state index in [1.165, 1.54) is 12.8 Å². The molecule has 2 heteroatoms. The fourth-order valence-electron chi connectivity index (χ4n) is 0.806. The molecule has 0 atom stereocenters. The molecule has 0 saturated heterocycles. The summed E-state index contributed by atoms with van der Waals surface area (Å²) >= 11 is 0. The van der Waals surface area contributed by atoms with Gasteiger partial charge in [-0.15, -0.1) is 0 Å². The third kappa shape index (κ3) is 7.45. The van der Waals surface area contributed by atoms with Gasteiger partial charge in [-0.25, -0.2) is 0 Å². The topological polar surface area (TPSA) is 24.1 Å². The lowest BCUT2D eigenvalue weighted by Gasteiger charge is -2.13. The van der Waals surface area contributed by atoms with E-state index in [1.807, 2.05) is 0 Å². The van der Waals surface area contributed by atoms with E-state index in [9.17, 15) is 0 Å². The van der Waals surface area contributed by atoms with Crippen molar-refractivity contribution in [3.63, 3.8) is 0 Å². The first kappa shape index (κ1) is 11.3. The predicted octanol–water partition coefficient (Wildman–Crippen LogP) is 2.09. The Bertz CT molecular complexity index is 119. The first-order valence-corrected chi connectivity index (χ1v) is 4.83. The van der Waals surface area contributed by atoms with Crippen LogP contribution in [-0.4, -0.2) is 13.1 Å². The van der Waals surface area contributed by atoms with Crippen LogP contribution in [0.2, 0.25) is 0 Å². The van der Waals surface area contributed by atoms with Crippen molar-refractivity contribution in [3.05, 3.63) is 12.4 Å². The van der Waals surface area contributed by atoms with E-state index >= 15 is 0 Å². The zero-order valence-electron chi connectivity index (χ0n) is 8.61. The van der Waals surface area contributed by atoms with Crippen LogP contribution in [0.1, 0.15) is 33.6 Å². The van der Waals surface area contributed by atoms with Crippen LogP contribution in [0, 0.1) is 5.92 Å². The molecule has 0 saturated carbocycles. The molecule has 72 valence electrons. The molecule has 0 radical (unpaired) electrons. The molecule has 0 aromatic heterocycles. The second-order valence-electron chi connectivity index (χ2n) is 3.53. The quantitative estimate of drug-likeness (QED) is 0.572. The van der Waals surface area contributed by atoms with Gasteiger partial charge in [0.1, 0.15) is 0 Å². The molecule has 0 bridgehead atoms. The largest absolute Gasteiger partial charge is 0.372 e. The first-order valence-electron chi connectivity index (χ1n) is 4.83. The molecule has 0 amide bonds. The summed E-state index contributed by atoms with van der Waals surface area (Å²) in [5.74, 6) is 1.63. The van der Waals surface area contributed by atoms with Crippen LogP contribution in [0.3, 0.4) is 0 Å². The monoisotopic (exact) mass is 170 g/mol. The number of hydrogen-bond acceptors (Lipinski definition) is 2. The molecule has 0 aliphatic carbocycles. The minimum atomic E-state index is 0.676. The van der Waals surface area contributed by atoms with Gasteiger partial charge in [0.2, 0.25) is 0 Å². The number of rotatable bonds is 7. The summed E-state index contributed by atoms with van der Waals surface area (Å²) in [7, 11) is 0. The lowest BCUT2D eigenvalue weighted by atomic mass is 10.2. The summed E-state index contributed by atoms with van der Waals surface area (Å²) in [5, 5.41) is 6.47. The summed E-state index contributed by atoms with van der Waals surface area (Å²) in [5.41, 5.74) is 0. The van der Waals surface area contributed by atoms with E-state index < -0.39 is 0 Å². The average Bonchev–Trinajstić information content (AvgIpc) is 2.01. The minimum absolute atomic E-state index is 0.676. The number of unbranched alkanes of at least 4 members (excludes halogenated alkanes) is 1. The van der Waals surface area contributed by atoms with Crippen molar-refractivity contribution >= 4 is 0 Å². The maximum atomic E-state index is 3.88. The molecule has 0 fully saturated rings. The Labute approximate surface area is 76.4 Å². The predicted molar refractivity (Wildman–Crippen MR) is 54.9 cm³/mol. The second-order valence-corrected chi connectivity index (χ2v) is 3.53. The lowest BCUT2D eigenvalue weighted by Crippen LogP contribution is -2.28. The smallest absolute Gasteiger partial charge is 0.0912 e. The van der Waals surface area contributed by atoms with E-state index in [1.54, 1.807) is 0 Å². The molecule has 0 heterocycles. The van der Waals surface area contributed by atoms with Crippen LogP contribution in [0.15, 0.2) is 12.4 Å². The minimum Gasteiger partial charge on any atom is -0.372 e. The highest BCUT2D eigenvalue weighted by Gasteiger charge is 1.93. The highest BCUT2D eigenvalue weighted by molar-refractivity contribution is 4.87. The fourth-order valence-corrected chi connectivity index (χ4v) is 0.806. The molecule has 0 aliphatic rings. The maximum absolute atomic E-state index is 3.88. The van der Waals surface area contributed by atoms with E-state index in [4.69, 9.17) is 0 Å². The van der Waals surface area contributed by atoms with E-state index in [0.717, 1.165) is 18.9 Å². The highest BCUT2D eigenvalue weighted by atomic mass is 15.1. The third-order valence-corrected chi connectivity index (χ3v) is 1.59. The Morgan fingerprint density at radius 1 is 1.33 bits per heavy atom. The maximum Gasteiger partial charge on any atom is 0.0912 e. The van der Waals surface area contributed by atoms with E-state index in [-0.39, 0.29) is 0 Å². The summed E-state index contributed by atoms with van der Waals surface area (Å²) in [4.78, 5) is 0. The summed E-state index contributed by atoms with van der Waals surface area (Å²) in [6.45, 7) is 12.5. The molecular weight excluding hydrogens is 148 g/mol. The van der Waals surface area contributed by atoms with Crippen molar-refractivity contribution in [2.45, 2.75) is 33.6 Å². The molecular formula is C10H22N2. The normalized spacial score (nSPS) is 10.0. The second kappa shape index (κ2) is 7.01. The van der Waals surface area contributed by atoms with E-state index in [2.05, 4.69) is 38.0 Å². The number of nitrogens with one attached hydrogen (secondary N) is 2. The third-order valence-electron chi connectivity index (χ3n) is 1.59. The number of hydrogen-bond donors (Lipinski definition) is 2. The van der Waals surface area contributed by atoms with Gasteiger partial charge in [-0.1, -0.05) is 33.8 Å². The van der Waals surface area contributed by atoms with Gasteiger partial charge in [-0.3, -0.25) is 0 Å². The van der Waals surface area contributed by atoms with Gasteiger partial charge in [0.25, 0.3) is 0 Å². The zero-order valence-corrected chi connectivity index (χ0v) is 8.61. The van der Waals surface area contributed by atoms with Crippen molar-refractivity contribution in [1.82, 2.24) is 10.6 Å². The Hall–Kier alpha value is -0.660. The Kier molecular flexibility index (Phi) is 6.63. The Morgan fingerprint density at radius 3 is 2.50 bits per heavy atom. The Morgan fingerprint density at radius 2 is 2.00 bits per heavy atom. The zero-order chi connectivity index (χ0) is 9.40. The van der Waals surface area contributed by atoms with Crippen molar-refractivity contribution in [2.75, 3.05) is 13.1 Å². The van der Waals surface area contributed by atoms with Gasteiger partial charge in [0.15, 0.2) is 0 Å². The van der Waals surface area contributed by atoms with Crippen LogP contribution in [0.4, 0.5) is 0 Å². The van der Waals surface area contributed by atoms with Crippen molar-refractivity contribution in [1.29, 1.82) is 0 Å². The van der Waals surface area contributed by atoms with Crippen LogP contribution >= 0.6 is 0 Å². The van der Waals surface area contributed by atoms with E-state index in [0.29, 0.717) is 5.92 Å². The summed E-state index contributed by atoms with van der Waals surface area (Å²) < 4.78 is 0. The molecule has 0 unspecified atom stereocenters. The van der Waals surface area contributed by atoms with Crippen molar-refractivity contribution < 1.29 is 0 Å². The van der Waals surface area contributed by atoms with Gasteiger partial charge >= 0.3 is 0 Å². The molecule has 0 aromatic rings. The molecule has 0 rings (SSSR count). The Balaban J connectivity index is 3.22. The first-order chi connectivity index (χ1) is 5.66. The van der Waals surface area contributed by atoms with Crippen molar-refractivity contribution in [2.24, 2.45) is 5.92 Å². The van der Waals surface area contributed by atoms with Gasteiger partial charge < -0.3 is 10.6 Å². The van der Waals surface area contributed by atoms with Gasteiger partial charge in [0.05, 0.1) is 5.82 Å².